The average Bonchev–Trinajstić information content (AvgIpc) is 2.66. The van der Waals surface area contributed by atoms with Crippen LogP contribution in [0, 0.1) is 0 Å². The normalized spacial score (nSPS) is 22.9. The van der Waals surface area contributed by atoms with E-state index in [0.717, 1.165) is 41.1 Å². The number of nitrogens with zero attached hydrogens (tertiary/aromatic N) is 1. The molecular weight excluding hydrogens is 350 g/mol. The maximum absolute atomic E-state index is 12.7. The molecule has 0 saturated heterocycles. The van der Waals surface area contributed by atoms with E-state index in [4.69, 9.17) is 10.5 Å². The third kappa shape index (κ3) is 2.47. The zero-order chi connectivity index (χ0) is 17.0. The van der Waals surface area contributed by atoms with E-state index in [2.05, 4.69) is 16.3 Å². The Morgan fingerprint density at radius 1 is 1.15 bits per heavy atom. The first-order valence-electron chi connectivity index (χ1n) is 8.60. The van der Waals surface area contributed by atoms with Crippen LogP contribution in [0.4, 0.5) is 5.69 Å². The summed E-state index contributed by atoms with van der Waals surface area (Å²) >= 11 is 0. The number of amides is 1. The summed E-state index contributed by atoms with van der Waals surface area (Å²) in [5.74, 6) is 0.835. The van der Waals surface area contributed by atoms with Crippen LogP contribution in [0.15, 0.2) is 48.0 Å². The van der Waals surface area contributed by atoms with Gasteiger partial charge in [0.2, 0.25) is 0 Å². The lowest BCUT2D eigenvalue weighted by atomic mass is 9.90. The summed E-state index contributed by atoms with van der Waals surface area (Å²) in [7, 11) is 0. The van der Waals surface area contributed by atoms with E-state index in [1.807, 2.05) is 42.5 Å². The molecule has 1 amide bonds. The van der Waals surface area contributed by atoms with Crippen molar-refractivity contribution in [3.8, 4) is 5.75 Å². The molecule has 2 atom stereocenters. The molecule has 3 N–H and O–H groups in total. The van der Waals surface area contributed by atoms with Crippen molar-refractivity contribution in [1.29, 1.82) is 0 Å². The second-order valence-corrected chi connectivity index (χ2v) is 6.75. The zero-order valence-corrected chi connectivity index (χ0v) is 15.0. The van der Waals surface area contributed by atoms with Crippen LogP contribution in [0.2, 0.25) is 0 Å². The van der Waals surface area contributed by atoms with Gasteiger partial charge in [0.15, 0.2) is 0 Å². The molecule has 3 aliphatic heterocycles. The van der Waals surface area contributed by atoms with Crippen molar-refractivity contribution < 1.29 is 9.53 Å². The molecule has 6 heteroatoms. The number of ether oxygens (including phenoxy) is 1. The number of nitrogens with one attached hydrogen (secondary N) is 1. The smallest absolute Gasteiger partial charge is 0.255 e. The third-order valence-corrected chi connectivity index (χ3v) is 5.26. The lowest BCUT2D eigenvalue weighted by Crippen LogP contribution is -2.57. The molecule has 2 aromatic carbocycles. The van der Waals surface area contributed by atoms with E-state index >= 15 is 0 Å². The molecule has 0 saturated carbocycles. The maximum Gasteiger partial charge on any atom is 0.255 e. The monoisotopic (exact) mass is 369 g/mol. The van der Waals surface area contributed by atoms with Gasteiger partial charge in [-0.3, -0.25) is 4.79 Å². The number of anilines is 1. The maximum atomic E-state index is 12.7. The number of nitrogens with two attached hydrogens (primary N) is 1. The van der Waals surface area contributed by atoms with Crippen molar-refractivity contribution in [1.82, 2.24) is 5.32 Å². The number of para-hydroxylation sites is 2. The number of benzene rings is 2. The Kier molecular flexibility index (Phi) is 4.13. The van der Waals surface area contributed by atoms with Gasteiger partial charge >= 0.3 is 0 Å². The number of halogens is 1. The Hall–Kier alpha value is -2.50. The Balaban J connectivity index is 0.00000168. The van der Waals surface area contributed by atoms with Crippen molar-refractivity contribution in [2.75, 3.05) is 18.1 Å². The molecular formula is C20H20ClN3O2. The third-order valence-electron chi connectivity index (χ3n) is 5.26. The molecule has 0 aromatic heterocycles. The molecule has 2 aromatic rings. The summed E-state index contributed by atoms with van der Waals surface area (Å²) in [6, 6.07) is 13.8. The van der Waals surface area contributed by atoms with Crippen LogP contribution in [0.25, 0.3) is 6.08 Å². The minimum atomic E-state index is -0.193. The Morgan fingerprint density at radius 3 is 2.88 bits per heavy atom. The summed E-state index contributed by atoms with van der Waals surface area (Å²) in [6.45, 7) is 1.29. The van der Waals surface area contributed by atoms with Crippen LogP contribution < -0.4 is 20.7 Å². The molecule has 0 aliphatic carbocycles. The van der Waals surface area contributed by atoms with E-state index in [-0.39, 0.29) is 30.5 Å². The number of hydrogen-bond donors (Lipinski definition) is 2. The molecule has 5 nitrogen and oxygen atoms in total. The predicted molar refractivity (Wildman–Crippen MR) is 104 cm³/mol. The highest BCUT2D eigenvalue weighted by Gasteiger charge is 2.38. The van der Waals surface area contributed by atoms with Crippen LogP contribution in [0.5, 0.6) is 5.75 Å². The topological polar surface area (TPSA) is 67.6 Å². The van der Waals surface area contributed by atoms with Gasteiger partial charge in [-0.25, -0.2) is 0 Å². The van der Waals surface area contributed by atoms with Crippen LogP contribution in [0.1, 0.15) is 33.9 Å². The lowest BCUT2D eigenvalue weighted by Gasteiger charge is -2.45. The summed E-state index contributed by atoms with van der Waals surface area (Å²) in [4.78, 5) is 14.9. The lowest BCUT2D eigenvalue weighted by molar-refractivity contribution is 0.0930. The minimum absolute atomic E-state index is 0. The number of fused-ring (bicyclic) bond motifs is 1. The van der Waals surface area contributed by atoms with Crippen LogP contribution >= 0.6 is 12.4 Å². The fourth-order valence-electron chi connectivity index (χ4n) is 4.03. The Morgan fingerprint density at radius 2 is 2.00 bits per heavy atom. The van der Waals surface area contributed by atoms with Crippen molar-refractivity contribution in [3.05, 3.63) is 64.7 Å². The number of hydrogen-bond acceptors (Lipinski definition) is 4. The van der Waals surface area contributed by atoms with Gasteiger partial charge in [0, 0.05) is 23.7 Å². The largest absolute Gasteiger partial charge is 0.488 e. The fraction of sp³-hybridized carbons (Fsp3) is 0.250. The van der Waals surface area contributed by atoms with Gasteiger partial charge in [0.25, 0.3) is 5.91 Å². The molecule has 3 heterocycles. The SMILES string of the molecule is Cl.N[C@@H]1CCN2c3c(cccc31)C(=O)N[C@H]2C1=Cc2ccccc2OC1. The molecule has 0 unspecified atom stereocenters. The van der Waals surface area contributed by atoms with Crippen molar-refractivity contribution in [2.45, 2.75) is 18.6 Å². The standard InChI is InChI=1S/C20H19N3O2.ClH/c21-16-8-9-23-18-14(16)5-3-6-15(18)20(24)22-19(23)13-10-12-4-1-2-7-17(12)25-11-13;/h1-7,10,16,19H,8-9,11,21H2,(H,22,24);1H/t16-,19-;/m1./s1. The first-order chi connectivity index (χ1) is 12.2. The zero-order valence-electron chi connectivity index (χ0n) is 14.1. The van der Waals surface area contributed by atoms with Gasteiger partial charge in [-0.15, -0.1) is 12.4 Å². The van der Waals surface area contributed by atoms with E-state index in [1.54, 1.807) is 0 Å². The number of rotatable bonds is 1. The highest BCUT2D eigenvalue weighted by molar-refractivity contribution is 6.03. The molecule has 26 heavy (non-hydrogen) atoms. The number of carbonyl (C=O) groups is 1. The first-order valence-corrected chi connectivity index (χ1v) is 8.60. The van der Waals surface area contributed by atoms with Gasteiger partial charge < -0.3 is 20.7 Å². The molecule has 3 aliphatic rings. The van der Waals surface area contributed by atoms with Crippen molar-refractivity contribution >= 4 is 30.1 Å². The molecule has 0 bridgehead atoms. The van der Waals surface area contributed by atoms with Crippen LogP contribution in [-0.4, -0.2) is 25.2 Å². The first kappa shape index (κ1) is 16.9. The summed E-state index contributed by atoms with van der Waals surface area (Å²) < 4.78 is 5.90. The van der Waals surface area contributed by atoms with E-state index < -0.39 is 0 Å². The summed E-state index contributed by atoms with van der Waals surface area (Å²) in [5.41, 5.74) is 11.1. The molecule has 5 rings (SSSR count). The quantitative estimate of drug-likeness (QED) is 0.811. The highest BCUT2D eigenvalue weighted by Crippen LogP contribution is 2.40. The van der Waals surface area contributed by atoms with E-state index in [0.29, 0.717) is 12.2 Å². The highest BCUT2D eigenvalue weighted by atomic mass is 35.5. The van der Waals surface area contributed by atoms with Gasteiger partial charge in [0.1, 0.15) is 18.5 Å². The van der Waals surface area contributed by atoms with Crippen molar-refractivity contribution in [2.24, 2.45) is 5.73 Å². The average molecular weight is 370 g/mol. The fourth-order valence-corrected chi connectivity index (χ4v) is 4.03. The Labute approximate surface area is 158 Å². The van der Waals surface area contributed by atoms with Crippen molar-refractivity contribution in [3.63, 3.8) is 0 Å². The van der Waals surface area contributed by atoms with Gasteiger partial charge in [-0.05, 0) is 30.2 Å². The Bertz CT molecular complexity index is 912. The van der Waals surface area contributed by atoms with Gasteiger partial charge in [0.05, 0.1) is 11.3 Å². The van der Waals surface area contributed by atoms with Gasteiger partial charge in [-0.2, -0.15) is 0 Å². The number of carbonyl (C=O) groups excluding carboxylic acids is 1. The summed E-state index contributed by atoms with van der Waals surface area (Å²) in [6.07, 6.45) is 2.81. The molecule has 0 radical (unpaired) electrons. The molecule has 0 spiro atoms. The van der Waals surface area contributed by atoms with Crippen LogP contribution in [0.3, 0.4) is 0 Å². The minimum Gasteiger partial charge on any atom is -0.488 e. The predicted octanol–water partition coefficient (Wildman–Crippen LogP) is 2.86. The van der Waals surface area contributed by atoms with Gasteiger partial charge in [-0.1, -0.05) is 30.3 Å². The molecule has 0 fully saturated rings. The van der Waals surface area contributed by atoms with E-state index in [1.165, 1.54) is 0 Å². The molecule has 134 valence electrons. The second-order valence-electron chi connectivity index (χ2n) is 6.75. The van der Waals surface area contributed by atoms with E-state index in [9.17, 15) is 4.79 Å². The van der Waals surface area contributed by atoms with Crippen LogP contribution in [-0.2, 0) is 0 Å². The summed E-state index contributed by atoms with van der Waals surface area (Å²) in [5, 5.41) is 3.15. The second kappa shape index (κ2) is 6.34.